The van der Waals surface area contributed by atoms with Crippen molar-refractivity contribution in [2.24, 2.45) is 0 Å². The highest BCUT2D eigenvalue weighted by molar-refractivity contribution is 7.21. The fraction of sp³-hybridized carbons (Fsp3) is 0.357. The maximum absolute atomic E-state index is 12.5. The second-order valence-electron chi connectivity index (χ2n) is 5.43. The Morgan fingerprint density at radius 2 is 2.30 bits per heavy atom. The van der Waals surface area contributed by atoms with Crippen LogP contribution in [0.1, 0.15) is 23.0 Å². The van der Waals surface area contributed by atoms with Gasteiger partial charge in [0.25, 0.3) is 5.91 Å². The lowest BCUT2D eigenvalue weighted by Crippen LogP contribution is -2.33. The number of nitrogens with two attached hydrogens (primary N) is 1. The van der Waals surface area contributed by atoms with E-state index in [0.29, 0.717) is 35.1 Å². The molecule has 1 unspecified atom stereocenters. The highest BCUT2D eigenvalue weighted by Crippen LogP contribution is 2.39. The summed E-state index contributed by atoms with van der Waals surface area (Å²) in [7, 11) is 0. The van der Waals surface area contributed by atoms with Crippen molar-refractivity contribution in [3.8, 4) is 0 Å². The molecule has 0 aliphatic carbocycles. The molecule has 4 nitrogen and oxygen atoms in total. The molecule has 3 N–H and O–H groups in total. The van der Waals surface area contributed by atoms with Crippen LogP contribution in [0.4, 0.5) is 5.69 Å². The fourth-order valence-electron chi connectivity index (χ4n) is 2.55. The maximum atomic E-state index is 12.5. The SMILES string of the molecule is CC1(O)CCN(C(=O)c2sc3cccc(Cl)c3c2N)C1. The van der Waals surface area contributed by atoms with Crippen LogP contribution in [0.25, 0.3) is 10.1 Å². The molecule has 0 bridgehead atoms. The fourth-order valence-corrected chi connectivity index (χ4v) is 4.00. The van der Waals surface area contributed by atoms with E-state index in [1.54, 1.807) is 17.9 Å². The minimum absolute atomic E-state index is 0.127. The predicted molar refractivity (Wildman–Crippen MR) is 82.4 cm³/mol. The van der Waals surface area contributed by atoms with Crippen molar-refractivity contribution >= 4 is 44.6 Å². The van der Waals surface area contributed by atoms with E-state index in [9.17, 15) is 9.90 Å². The van der Waals surface area contributed by atoms with E-state index >= 15 is 0 Å². The van der Waals surface area contributed by atoms with Gasteiger partial charge in [-0.3, -0.25) is 4.79 Å². The summed E-state index contributed by atoms with van der Waals surface area (Å²) in [5.41, 5.74) is 5.72. The first-order valence-electron chi connectivity index (χ1n) is 6.37. The molecule has 6 heteroatoms. The topological polar surface area (TPSA) is 66.6 Å². The quantitative estimate of drug-likeness (QED) is 0.851. The maximum Gasteiger partial charge on any atom is 0.266 e. The Morgan fingerprint density at radius 1 is 1.55 bits per heavy atom. The number of hydrogen-bond acceptors (Lipinski definition) is 4. The van der Waals surface area contributed by atoms with Crippen LogP contribution in [0, 0.1) is 0 Å². The first-order chi connectivity index (χ1) is 9.39. The molecule has 0 saturated carbocycles. The molecule has 106 valence electrons. The molecular formula is C14H15ClN2O2S. The molecule has 2 heterocycles. The summed E-state index contributed by atoms with van der Waals surface area (Å²) in [5, 5.41) is 11.3. The van der Waals surface area contributed by atoms with Gasteiger partial charge in [0, 0.05) is 23.2 Å². The molecule has 1 aliphatic rings. The van der Waals surface area contributed by atoms with E-state index in [1.807, 2.05) is 12.1 Å². The van der Waals surface area contributed by atoms with Gasteiger partial charge < -0.3 is 15.7 Å². The third-order valence-electron chi connectivity index (χ3n) is 3.63. The van der Waals surface area contributed by atoms with Gasteiger partial charge in [-0.1, -0.05) is 17.7 Å². The van der Waals surface area contributed by atoms with Crippen LogP contribution in [0.5, 0.6) is 0 Å². The number of amides is 1. The Hall–Kier alpha value is -1.30. The molecule has 1 aromatic carbocycles. The Kier molecular flexibility index (Phi) is 3.16. The average Bonchev–Trinajstić information content (AvgIpc) is 2.90. The van der Waals surface area contributed by atoms with Crippen LogP contribution in [-0.2, 0) is 0 Å². The summed E-state index contributed by atoms with van der Waals surface area (Å²) in [6.45, 7) is 2.63. The van der Waals surface area contributed by atoms with Crippen molar-refractivity contribution in [3.63, 3.8) is 0 Å². The average molecular weight is 311 g/mol. The predicted octanol–water partition coefficient (Wildman–Crippen LogP) is 2.73. The second kappa shape index (κ2) is 4.62. The molecule has 3 rings (SSSR count). The van der Waals surface area contributed by atoms with Crippen molar-refractivity contribution in [2.45, 2.75) is 18.9 Å². The smallest absolute Gasteiger partial charge is 0.266 e. The zero-order valence-corrected chi connectivity index (χ0v) is 12.6. The van der Waals surface area contributed by atoms with E-state index < -0.39 is 5.60 Å². The molecule has 1 aliphatic heterocycles. The lowest BCUT2D eigenvalue weighted by Gasteiger charge is -2.18. The number of carbonyl (C=O) groups is 1. The van der Waals surface area contributed by atoms with Crippen LogP contribution in [0.15, 0.2) is 18.2 Å². The van der Waals surface area contributed by atoms with E-state index in [1.165, 1.54) is 11.3 Å². The number of anilines is 1. The molecule has 20 heavy (non-hydrogen) atoms. The lowest BCUT2D eigenvalue weighted by molar-refractivity contribution is 0.0575. The van der Waals surface area contributed by atoms with Gasteiger partial charge in [-0.05, 0) is 25.5 Å². The number of nitrogens with zero attached hydrogens (tertiary/aromatic N) is 1. The molecule has 1 amide bonds. The van der Waals surface area contributed by atoms with Crippen molar-refractivity contribution in [1.29, 1.82) is 0 Å². The standard InChI is InChI=1S/C14H15ClN2O2S/c1-14(19)5-6-17(7-14)13(18)12-11(16)10-8(15)3-2-4-9(10)20-12/h2-4,19H,5-7,16H2,1H3. The highest BCUT2D eigenvalue weighted by atomic mass is 35.5. The van der Waals surface area contributed by atoms with Gasteiger partial charge in [0.05, 0.1) is 16.3 Å². The molecular weight excluding hydrogens is 296 g/mol. The van der Waals surface area contributed by atoms with Gasteiger partial charge in [0.15, 0.2) is 0 Å². The van der Waals surface area contributed by atoms with Gasteiger partial charge in [0.2, 0.25) is 0 Å². The summed E-state index contributed by atoms with van der Waals surface area (Å²) in [6.07, 6.45) is 0.588. The number of thiophene rings is 1. The van der Waals surface area contributed by atoms with Gasteiger partial charge in [0.1, 0.15) is 4.88 Å². The van der Waals surface area contributed by atoms with Gasteiger partial charge in [-0.15, -0.1) is 11.3 Å². The number of fused-ring (bicyclic) bond motifs is 1. The third-order valence-corrected chi connectivity index (χ3v) is 5.11. The summed E-state index contributed by atoms with van der Waals surface area (Å²) in [6, 6.07) is 5.51. The van der Waals surface area contributed by atoms with E-state index in [2.05, 4.69) is 0 Å². The van der Waals surface area contributed by atoms with Gasteiger partial charge in [-0.2, -0.15) is 0 Å². The first-order valence-corrected chi connectivity index (χ1v) is 7.57. The Morgan fingerprint density at radius 3 is 2.90 bits per heavy atom. The Labute approximate surface area is 125 Å². The number of rotatable bonds is 1. The molecule has 1 atom stereocenters. The van der Waals surface area contributed by atoms with Crippen molar-refractivity contribution in [3.05, 3.63) is 28.1 Å². The van der Waals surface area contributed by atoms with Crippen LogP contribution >= 0.6 is 22.9 Å². The highest BCUT2D eigenvalue weighted by Gasteiger charge is 2.35. The zero-order chi connectivity index (χ0) is 14.5. The monoisotopic (exact) mass is 310 g/mol. The Balaban J connectivity index is 2.01. The van der Waals surface area contributed by atoms with Crippen molar-refractivity contribution in [1.82, 2.24) is 4.90 Å². The molecule has 1 saturated heterocycles. The van der Waals surface area contributed by atoms with Crippen LogP contribution in [0.2, 0.25) is 5.02 Å². The molecule has 0 radical (unpaired) electrons. The zero-order valence-electron chi connectivity index (χ0n) is 11.0. The molecule has 0 spiro atoms. The Bertz CT molecular complexity index is 696. The lowest BCUT2D eigenvalue weighted by atomic mass is 10.1. The van der Waals surface area contributed by atoms with E-state index in [4.69, 9.17) is 17.3 Å². The van der Waals surface area contributed by atoms with Crippen LogP contribution in [-0.4, -0.2) is 34.6 Å². The van der Waals surface area contributed by atoms with Crippen LogP contribution in [0.3, 0.4) is 0 Å². The number of benzene rings is 1. The molecule has 2 aromatic rings. The minimum atomic E-state index is -0.807. The van der Waals surface area contributed by atoms with Gasteiger partial charge in [-0.25, -0.2) is 0 Å². The number of β-amino-alcohol motifs (C(OH)–C–C–N with tert-alkyl or cyclic N) is 1. The first kappa shape index (κ1) is 13.7. The number of halogens is 1. The van der Waals surface area contributed by atoms with Crippen molar-refractivity contribution in [2.75, 3.05) is 18.8 Å². The number of aliphatic hydroxyl groups is 1. The third kappa shape index (κ3) is 2.16. The summed E-state index contributed by atoms with van der Waals surface area (Å²) >= 11 is 7.50. The summed E-state index contributed by atoms with van der Waals surface area (Å²) in [5.74, 6) is -0.127. The van der Waals surface area contributed by atoms with E-state index in [0.717, 1.165) is 10.1 Å². The summed E-state index contributed by atoms with van der Waals surface area (Å²) in [4.78, 5) is 14.7. The number of nitrogen functional groups attached to an aromatic ring is 1. The van der Waals surface area contributed by atoms with Gasteiger partial charge >= 0.3 is 0 Å². The summed E-state index contributed by atoms with van der Waals surface area (Å²) < 4.78 is 0.907. The normalized spacial score (nSPS) is 22.6. The largest absolute Gasteiger partial charge is 0.397 e. The van der Waals surface area contributed by atoms with E-state index in [-0.39, 0.29) is 5.91 Å². The molecule has 1 fully saturated rings. The minimum Gasteiger partial charge on any atom is -0.397 e. The van der Waals surface area contributed by atoms with Crippen molar-refractivity contribution < 1.29 is 9.90 Å². The second-order valence-corrected chi connectivity index (χ2v) is 6.89. The number of hydrogen-bond donors (Lipinski definition) is 2. The number of likely N-dealkylation sites (tertiary alicyclic amines) is 1. The number of carbonyl (C=O) groups excluding carboxylic acids is 1. The molecule has 1 aromatic heterocycles. The van der Waals surface area contributed by atoms with Crippen LogP contribution < -0.4 is 5.73 Å².